The van der Waals surface area contributed by atoms with Crippen molar-refractivity contribution in [1.82, 2.24) is 0 Å². The van der Waals surface area contributed by atoms with Crippen LogP contribution in [0.15, 0.2) is 0 Å². The number of alkyl halides is 3. The largest absolute Gasteiger partial charge is 0.465 e. The first kappa shape index (κ1) is 14.1. The molecule has 98 valence electrons. The van der Waals surface area contributed by atoms with Gasteiger partial charge in [0.1, 0.15) is 28.1 Å². The zero-order valence-corrected chi connectivity index (χ0v) is 9.91. The van der Waals surface area contributed by atoms with Gasteiger partial charge in [0.25, 0.3) is 0 Å². The summed E-state index contributed by atoms with van der Waals surface area (Å²) in [5, 5.41) is 10.6. The van der Waals surface area contributed by atoms with Crippen molar-refractivity contribution in [2.24, 2.45) is 0 Å². The van der Waals surface area contributed by atoms with Crippen molar-refractivity contribution in [2.45, 2.75) is 6.18 Å². The Morgan fingerprint density at radius 1 is 1.61 bits per heavy atom. The highest BCUT2D eigenvalue weighted by molar-refractivity contribution is 7.17. The van der Waals surface area contributed by atoms with E-state index in [1.165, 1.54) is 0 Å². The van der Waals surface area contributed by atoms with E-state index < -0.39 is 18.7 Å². The molecule has 0 saturated heterocycles. The fourth-order valence-corrected chi connectivity index (χ4v) is 2.04. The number of nitrogens with one attached hydrogen (secondary N) is 1. The van der Waals surface area contributed by atoms with Crippen molar-refractivity contribution < 1.29 is 22.7 Å². The minimum absolute atomic E-state index is 0.0416. The Balaban J connectivity index is 3.11. The van der Waals surface area contributed by atoms with Gasteiger partial charge in [-0.25, -0.2) is 4.79 Å². The molecular weight excluding hydrogens is 271 g/mol. The van der Waals surface area contributed by atoms with Crippen LogP contribution in [0.5, 0.6) is 0 Å². The van der Waals surface area contributed by atoms with Crippen LogP contribution in [0.25, 0.3) is 0 Å². The van der Waals surface area contributed by atoms with Crippen LogP contribution in [-0.4, -0.2) is 25.8 Å². The molecule has 9 heteroatoms. The van der Waals surface area contributed by atoms with Gasteiger partial charge in [-0.1, -0.05) is 0 Å². The van der Waals surface area contributed by atoms with Gasteiger partial charge in [-0.05, 0) is 0 Å². The van der Waals surface area contributed by atoms with Crippen LogP contribution in [0.2, 0.25) is 0 Å². The minimum atomic E-state index is -4.45. The van der Waals surface area contributed by atoms with Crippen molar-refractivity contribution in [3.05, 3.63) is 10.4 Å². The van der Waals surface area contributed by atoms with Crippen molar-refractivity contribution in [2.75, 3.05) is 24.7 Å². The summed E-state index contributed by atoms with van der Waals surface area (Å²) in [6.07, 6.45) is -4.45. The Hall–Kier alpha value is -1.95. The highest BCUT2D eigenvalue weighted by Crippen LogP contribution is 2.36. The first-order valence-electron chi connectivity index (χ1n) is 4.51. The van der Waals surface area contributed by atoms with E-state index in [1.54, 1.807) is 6.07 Å². The Labute approximate surface area is 104 Å². The van der Waals surface area contributed by atoms with Gasteiger partial charge < -0.3 is 15.8 Å². The molecule has 0 bridgehead atoms. The molecule has 0 spiro atoms. The molecule has 0 aliphatic carbocycles. The molecule has 0 aliphatic heterocycles. The van der Waals surface area contributed by atoms with Crippen LogP contribution in [0, 0.1) is 11.3 Å². The summed E-state index contributed by atoms with van der Waals surface area (Å²) in [4.78, 5) is 11.3. The van der Waals surface area contributed by atoms with Crippen molar-refractivity contribution >= 4 is 28.0 Å². The number of nitriles is 1. The Morgan fingerprint density at radius 3 is 2.67 bits per heavy atom. The number of carbonyl (C=O) groups is 1. The molecule has 0 aliphatic rings. The van der Waals surface area contributed by atoms with Crippen LogP contribution in [0.4, 0.5) is 23.9 Å². The lowest BCUT2D eigenvalue weighted by molar-refractivity contribution is -0.115. The second-order valence-electron chi connectivity index (χ2n) is 3.12. The van der Waals surface area contributed by atoms with Gasteiger partial charge in [0, 0.05) is 0 Å². The monoisotopic (exact) mass is 279 g/mol. The fraction of sp³-hybridized carbons (Fsp3) is 0.333. The molecule has 0 fully saturated rings. The number of esters is 1. The van der Waals surface area contributed by atoms with Gasteiger partial charge >= 0.3 is 12.1 Å². The van der Waals surface area contributed by atoms with Crippen molar-refractivity contribution in [3.63, 3.8) is 0 Å². The number of methoxy groups -OCH3 is 1. The number of hydrogen-bond acceptors (Lipinski definition) is 6. The third kappa shape index (κ3) is 3.04. The molecule has 0 aromatic carbocycles. The van der Waals surface area contributed by atoms with Gasteiger partial charge in [0.2, 0.25) is 0 Å². The zero-order valence-electron chi connectivity index (χ0n) is 9.09. The molecule has 1 aromatic heterocycles. The Bertz CT molecular complexity index is 504. The number of anilines is 2. The molecule has 0 atom stereocenters. The maximum absolute atomic E-state index is 12.1. The number of hydrogen-bond donors (Lipinski definition) is 2. The van der Waals surface area contributed by atoms with Crippen LogP contribution >= 0.6 is 11.3 Å². The number of halogens is 3. The van der Waals surface area contributed by atoms with Gasteiger partial charge in [0.05, 0.1) is 12.8 Å². The SMILES string of the molecule is COC(=O)c1c(NCC(F)(F)F)sc(C#N)c1N. The summed E-state index contributed by atoms with van der Waals surface area (Å²) in [7, 11) is 1.07. The molecule has 5 nitrogen and oxygen atoms in total. The molecular formula is C9H8F3N3O2S. The number of ether oxygens (including phenoxy) is 1. The average molecular weight is 279 g/mol. The molecule has 1 heterocycles. The number of nitrogens with zero attached hydrogens (tertiary/aromatic N) is 1. The number of nitrogens with two attached hydrogens (primary N) is 1. The zero-order chi connectivity index (χ0) is 13.9. The predicted molar refractivity (Wildman–Crippen MR) is 59.3 cm³/mol. The third-order valence-corrected chi connectivity index (χ3v) is 2.95. The van der Waals surface area contributed by atoms with Crippen LogP contribution < -0.4 is 11.1 Å². The summed E-state index contributed by atoms with van der Waals surface area (Å²) in [5.41, 5.74) is 5.07. The molecule has 1 aromatic rings. The fourth-order valence-electron chi connectivity index (χ4n) is 1.14. The number of nitrogen functional groups attached to an aromatic ring is 1. The Kier molecular flexibility index (Phi) is 4.03. The molecule has 0 amide bonds. The smallest absolute Gasteiger partial charge is 0.405 e. The molecule has 1 rings (SSSR count). The van der Waals surface area contributed by atoms with E-state index in [9.17, 15) is 18.0 Å². The van der Waals surface area contributed by atoms with E-state index in [1.807, 2.05) is 5.32 Å². The topological polar surface area (TPSA) is 88.1 Å². The lowest BCUT2D eigenvalue weighted by Gasteiger charge is -2.09. The van der Waals surface area contributed by atoms with Gasteiger partial charge in [0.15, 0.2) is 0 Å². The van der Waals surface area contributed by atoms with E-state index in [4.69, 9.17) is 11.0 Å². The summed E-state index contributed by atoms with van der Waals surface area (Å²) in [6, 6.07) is 1.70. The summed E-state index contributed by atoms with van der Waals surface area (Å²) in [5.74, 6) is -0.894. The Morgan fingerprint density at radius 2 is 2.22 bits per heavy atom. The summed E-state index contributed by atoms with van der Waals surface area (Å²) >= 11 is 0.672. The quantitative estimate of drug-likeness (QED) is 0.826. The molecule has 0 unspecified atom stereocenters. The normalized spacial score (nSPS) is 10.8. The highest BCUT2D eigenvalue weighted by atomic mass is 32.1. The third-order valence-electron chi connectivity index (χ3n) is 1.89. The first-order valence-corrected chi connectivity index (χ1v) is 5.33. The lowest BCUT2D eigenvalue weighted by atomic mass is 10.2. The number of carbonyl (C=O) groups excluding carboxylic acids is 1. The molecule has 0 saturated carbocycles. The second kappa shape index (κ2) is 5.14. The van der Waals surface area contributed by atoms with Gasteiger partial charge in [-0.2, -0.15) is 18.4 Å². The van der Waals surface area contributed by atoms with Crippen LogP contribution in [0.1, 0.15) is 15.2 Å². The second-order valence-corrected chi connectivity index (χ2v) is 4.14. The van der Waals surface area contributed by atoms with Crippen LogP contribution in [0.3, 0.4) is 0 Å². The van der Waals surface area contributed by atoms with E-state index in [0.29, 0.717) is 11.3 Å². The standard InChI is InChI=1S/C9H8F3N3O2S/c1-17-8(16)5-6(14)4(2-13)18-7(5)15-3-9(10,11)12/h15H,3,14H2,1H3. The first-order chi connectivity index (χ1) is 8.30. The predicted octanol–water partition coefficient (Wildman–Crippen LogP) is 1.96. The summed E-state index contributed by atoms with van der Waals surface area (Å²) < 4.78 is 40.6. The maximum atomic E-state index is 12.1. The molecule has 3 N–H and O–H groups in total. The maximum Gasteiger partial charge on any atom is 0.405 e. The van der Waals surface area contributed by atoms with E-state index >= 15 is 0 Å². The lowest BCUT2D eigenvalue weighted by Crippen LogP contribution is -2.22. The van der Waals surface area contributed by atoms with E-state index in [2.05, 4.69) is 4.74 Å². The molecule has 0 radical (unpaired) electrons. The van der Waals surface area contributed by atoms with E-state index in [-0.39, 0.29) is 21.1 Å². The number of thiophene rings is 1. The summed E-state index contributed by atoms with van der Waals surface area (Å²) in [6.45, 7) is -1.33. The molecule has 18 heavy (non-hydrogen) atoms. The van der Waals surface area contributed by atoms with Crippen molar-refractivity contribution in [1.29, 1.82) is 5.26 Å². The van der Waals surface area contributed by atoms with E-state index in [0.717, 1.165) is 7.11 Å². The number of rotatable bonds is 3. The van der Waals surface area contributed by atoms with Crippen LogP contribution in [-0.2, 0) is 4.74 Å². The average Bonchev–Trinajstić information content (AvgIpc) is 2.61. The highest BCUT2D eigenvalue weighted by Gasteiger charge is 2.29. The van der Waals surface area contributed by atoms with Crippen molar-refractivity contribution in [3.8, 4) is 6.07 Å². The minimum Gasteiger partial charge on any atom is -0.465 e. The van der Waals surface area contributed by atoms with Gasteiger partial charge in [-0.15, -0.1) is 11.3 Å². The van der Waals surface area contributed by atoms with Gasteiger partial charge in [-0.3, -0.25) is 0 Å².